The van der Waals surface area contributed by atoms with E-state index in [-0.39, 0.29) is 48.2 Å². The maximum absolute atomic E-state index is 11.7. The fourth-order valence-corrected chi connectivity index (χ4v) is 4.80. The topological polar surface area (TPSA) is 145 Å². The van der Waals surface area contributed by atoms with E-state index in [0.717, 1.165) is 45.5 Å². The molecule has 0 aliphatic heterocycles. The molecule has 290 valence electrons. The number of carboxylic acids is 1. The number of unbranched alkanes of at least 4 members (excludes halogenated alkanes) is 18. The second-order valence-corrected chi connectivity index (χ2v) is 13.9. The number of hydrogen-bond donors (Lipinski definition) is 2. The van der Waals surface area contributed by atoms with E-state index in [4.69, 9.17) is 9.47 Å². The summed E-state index contributed by atoms with van der Waals surface area (Å²) < 4.78 is 40.4. The van der Waals surface area contributed by atoms with E-state index in [1.165, 1.54) is 102 Å². The van der Waals surface area contributed by atoms with Gasteiger partial charge in [0.1, 0.15) is 6.26 Å². The Morgan fingerprint density at radius 1 is 0.660 bits per heavy atom. The number of carbonyl (C=O) groups excluding carboxylic acids is 3. The van der Waals surface area contributed by atoms with Gasteiger partial charge in [0, 0.05) is 11.5 Å². The zero-order valence-corrected chi connectivity index (χ0v) is 36.6. The van der Waals surface area contributed by atoms with Crippen LogP contribution in [0.25, 0.3) is 0 Å². The number of ether oxygens (including phenoxy) is 2. The van der Waals surface area contributed by atoms with Gasteiger partial charge in [0.2, 0.25) is 0 Å². The average Bonchev–Trinajstić information content (AvgIpc) is 3.08. The number of esters is 2. The van der Waals surface area contributed by atoms with Crippen molar-refractivity contribution in [2.24, 2.45) is 0 Å². The van der Waals surface area contributed by atoms with Gasteiger partial charge in [-0.25, -0.2) is 13.8 Å². The van der Waals surface area contributed by atoms with E-state index in [1.807, 2.05) is 0 Å². The van der Waals surface area contributed by atoms with Gasteiger partial charge < -0.3 is 19.4 Å². The van der Waals surface area contributed by atoms with Gasteiger partial charge in [0.25, 0.3) is 0 Å². The number of carboxylic acid groups (broad SMARTS) is 1. The largest absolute Gasteiger partial charge is 1.00 e. The summed E-state index contributed by atoms with van der Waals surface area (Å²) in [7, 11) is -2.62. The van der Waals surface area contributed by atoms with Crippen LogP contribution in [0.2, 0.25) is 0 Å². The molecule has 0 rings (SSSR count). The maximum Gasteiger partial charge on any atom is 1.00 e. The molecule has 0 N–H and O–H groups in total. The SMILES string of the molecule is CCCCCCCCCCCCOC(=O)C(C)=COC(=O)C(C)=CS.CCCCCCCCCCCCOS(=O)(=O)OC.O=C([O-])CCS.[Na+]. The fraction of sp³-hybridized carbons (Fsp3) is 0.806. The minimum Gasteiger partial charge on any atom is -0.550 e. The molecule has 0 aliphatic rings. The summed E-state index contributed by atoms with van der Waals surface area (Å²) >= 11 is 7.51. The smallest absolute Gasteiger partial charge is 0.550 e. The molecule has 0 saturated heterocycles. The predicted molar refractivity (Wildman–Crippen MR) is 203 cm³/mol. The quantitative estimate of drug-likeness (QED) is 0.0246. The molecule has 0 unspecified atom stereocenters. The third kappa shape index (κ3) is 45.5. The first-order valence-electron chi connectivity index (χ1n) is 18.0. The number of aliphatic carboxylic acids is 1. The standard InChI is InChI=1S/C20H34O4S.C13H28O4S.C3H6O2S.Na/c1-4-5-6-7-8-9-10-11-12-13-14-23-19(21)17(2)15-24-20(22)18(3)16-25;1-3-4-5-6-7-8-9-10-11-12-13-17-18(14,15)16-2;4-3(5)1-2-6;/h15-16,25H,4-14H2,1-3H3;3-13H2,1-2H3;6H,1-2H2,(H,4,5);/q;;;+1/p-1. The first kappa shape index (κ1) is 56.2. The van der Waals surface area contributed by atoms with Gasteiger partial charge in [-0.2, -0.15) is 33.7 Å². The van der Waals surface area contributed by atoms with Gasteiger partial charge in [-0.3, -0.25) is 4.18 Å². The zero-order chi connectivity index (χ0) is 37.6. The molecule has 0 aromatic heterocycles. The molecule has 0 aliphatic carbocycles. The zero-order valence-electron chi connectivity index (χ0n) is 32.0. The summed E-state index contributed by atoms with van der Waals surface area (Å²) in [4.78, 5) is 32.6. The Balaban J connectivity index is -0.000000369. The molecule has 0 spiro atoms. The van der Waals surface area contributed by atoms with Crippen molar-refractivity contribution in [3.05, 3.63) is 22.8 Å². The van der Waals surface area contributed by atoms with Crippen LogP contribution in [0, 0.1) is 0 Å². The molecule has 10 nitrogen and oxygen atoms in total. The summed E-state index contributed by atoms with van der Waals surface area (Å²) in [6.07, 6.45) is 25.7. The van der Waals surface area contributed by atoms with Gasteiger partial charge in [-0.15, -0.1) is 0 Å². The number of rotatable bonds is 29. The minimum atomic E-state index is -3.73. The van der Waals surface area contributed by atoms with Crippen LogP contribution in [-0.2, 0) is 42.6 Å². The molecule has 0 fully saturated rings. The first-order chi connectivity index (χ1) is 23.4. The summed E-state index contributed by atoms with van der Waals surface area (Å²) in [6, 6.07) is 0. The first-order valence-corrected chi connectivity index (χ1v) is 20.5. The summed E-state index contributed by atoms with van der Waals surface area (Å²) in [5.74, 6) is -1.65. The van der Waals surface area contributed by atoms with Crippen molar-refractivity contribution in [1.82, 2.24) is 0 Å². The van der Waals surface area contributed by atoms with Crippen molar-refractivity contribution < 1.29 is 75.3 Å². The van der Waals surface area contributed by atoms with Crippen LogP contribution in [-0.4, -0.2) is 52.4 Å². The van der Waals surface area contributed by atoms with Crippen molar-refractivity contribution >= 4 is 53.6 Å². The molecule has 0 aromatic rings. The van der Waals surface area contributed by atoms with Gasteiger partial charge >= 0.3 is 51.9 Å². The Hall–Kier alpha value is -0.540. The maximum atomic E-state index is 11.7. The molecule has 0 atom stereocenters. The fourth-order valence-electron chi connectivity index (χ4n) is 4.09. The molecule has 0 aromatic carbocycles. The molecular weight excluding hydrogens is 712 g/mol. The Morgan fingerprint density at radius 2 is 1.06 bits per heavy atom. The normalized spacial score (nSPS) is 11.3. The van der Waals surface area contributed by atoms with E-state index < -0.39 is 28.3 Å². The van der Waals surface area contributed by atoms with Crippen LogP contribution in [0.4, 0.5) is 0 Å². The Kier molecular flexibility index (Phi) is 48.2. The van der Waals surface area contributed by atoms with E-state index in [1.54, 1.807) is 13.8 Å². The Bertz CT molecular complexity index is 973. The molecule has 0 radical (unpaired) electrons. The molecule has 0 bridgehead atoms. The third-order valence-electron chi connectivity index (χ3n) is 7.16. The molecule has 0 heterocycles. The van der Waals surface area contributed by atoms with Crippen molar-refractivity contribution in [2.75, 3.05) is 26.1 Å². The van der Waals surface area contributed by atoms with Gasteiger partial charge in [0.05, 0.1) is 25.9 Å². The van der Waals surface area contributed by atoms with E-state index >= 15 is 0 Å². The average molecular weight is 779 g/mol. The van der Waals surface area contributed by atoms with Crippen molar-refractivity contribution in [1.29, 1.82) is 0 Å². The van der Waals surface area contributed by atoms with E-state index in [9.17, 15) is 27.9 Å². The summed E-state index contributed by atoms with van der Waals surface area (Å²) in [6.45, 7) is 8.25. The van der Waals surface area contributed by atoms with Crippen molar-refractivity contribution in [3.63, 3.8) is 0 Å². The number of thiol groups is 2. The molecular formula is C36H67NaO10S3. The molecule has 14 heteroatoms. The van der Waals surface area contributed by atoms with Gasteiger partial charge in [-0.05, 0) is 44.3 Å². The van der Waals surface area contributed by atoms with Crippen molar-refractivity contribution in [3.8, 4) is 0 Å². The second-order valence-electron chi connectivity index (χ2n) is 11.8. The monoisotopic (exact) mass is 778 g/mol. The van der Waals surface area contributed by atoms with Crippen LogP contribution < -0.4 is 34.7 Å². The Labute approximate surface area is 338 Å². The van der Waals surface area contributed by atoms with Crippen LogP contribution in [0.15, 0.2) is 22.8 Å². The number of carbonyl (C=O) groups is 3. The summed E-state index contributed by atoms with van der Waals surface area (Å²) in [5.41, 5.74) is 0.638. The second kappa shape index (κ2) is 42.9. The summed E-state index contributed by atoms with van der Waals surface area (Å²) in [5, 5.41) is 10.8. The molecule has 0 amide bonds. The molecule has 0 saturated carbocycles. The van der Waals surface area contributed by atoms with E-state index in [0.29, 0.717) is 17.9 Å². The van der Waals surface area contributed by atoms with E-state index in [2.05, 4.69) is 47.5 Å². The minimum absolute atomic E-state index is 0. The number of hydrogen-bond acceptors (Lipinski definition) is 12. The van der Waals surface area contributed by atoms with Crippen LogP contribution in [0.5, 0.6) is 0 Å². The van der Waals surface area contributed by atoms with Crippen LogP contribution >= 0.6 is 25.3 Å². The van der Waals surface area contributed by atoms with Gasteiger partial charge in [0.15, 0.2) is 0 Å². The third-order valence-corrected chi connectivity index (χ3v) is 8.63. The van der Waals surface area contributed by atoms with Crippen LogP contribution in [0.3, 0.4) is 0 Å². The predicted octanol–water partition coefficient (Wildman–Crippen LogP) is 5.61. The molecule has 50 heavy (non-hydrogen) atoms. The van der Waals surface area contributed by atoms with Crippen molar-refractivity contribution in [2.45, 2.75) is 163 Å². The Morgan fingerprint density at radius 3 is 1.40 bits per heavy atom. The van der Waals surface area contributed by atoms with Crippen LogP contribution in [0.1, 0.15) is 163 Å². The van der Waals surface area contributed by atoms with Gasteiger partial charge in [-0.1, -0.05) is 129 Å².